The summed E-state index contributed by atoms with van der Waals surface area (Å²) in [5, 5.41) is 0. The second-order valence-electron chi connectivity index (χ2n) is 13.5. The summed E-state index contributed by atoms with van der Waals surface area (Å²) < 4.78 is 0. The molecule has 6 atom stereocenters. The minimum absolute atomic E-state index is 0. The number of fused-ring (bicyclic) bond motifs is 3. The summed E-state index contributed by atoms with van der Waals surface area (Å²) in [5.74, 6) is 4.88. The number of carbonyl (C=O) groups is 4. The van der Waals surface area contributed by atoms with Crippen LogP contribution >= 0.6 is 0 Å². The minimum Gasteiger partial charge on any atom is -0.300 e. The van der Waals surface area contributed by atoms with Gasteiger partial charge in [0.15, 0.2) is 5.78 Å². The van der Waals surface area contributed by atoms with E-state index in [1.807, 2.05) is 30.3 Å². The molecule has 0 heterocycles. The summed E-state index contributed by atoms with van der Waals surface area (Å²) in [6, 6.07) is 17.8. The van der Waals surface area contributed by atoms with Crippen molar-refractivity contribution in [1.82, 2.24) is 0 Å². The zero-order valence-corrected chi connectivity index (χ0v) is 30.6. The highest BCUT2D eigenvalue weighted by Crippen LogP contribution is 2.53. The summed E-state index contributed by atoms with van der Waals surface area (Å²) in [4.78, 5) is 43.8. The summed E-state index contributed by atoms with van der Waals surface area (Å²) in [6.45, 7) is 17.5. The molecule has 0 amide bonds. The maximum absolute atomic E-state index is 11.6. The van der Waals surface area contributed by atoms with Crippen molar-refractivity contribution < 1.29 is 19.2 Å². The molecule has 2 fully saturated rings. The Balaban J connectivity index is 0.000000600. The number of Topliss-reactive ketones (excluding diaryl/α,β-unsaturated/α-hetero) is 4. The van der Waals surface area contributed by atoms with E-state index < -0.39 is 0 Å². The van der Waals surface area contributed by atoms with Crippen LogP contribution in [-0.4, -0.2) is 23.1 Å². The zero-order chi connectivity index (χ0) is 34.6. The standard InChI is InChI=1S/C14H18O.C11H18O.C8H8O.C6H12O.C3H8.CH4/c1-3-11-8-12-6-4-5-7-13(12)9-14(11)10(2)15;1-3-10-8-4-5-9(6-8)11(10)7(2)12;1-7(9)8-5-3-2-4-6-8;1-3-4-5-6(2)7;1-3-2;/h4-7,11,14H,3,8-9H2,1-2H3;8-11H,3-6H2,1-2H3;2-6H,1H3;3-5H2,1-2H3;3H2,1-2H3;1H4. The Morgan fingerprint density at radius 2 is 1.21 bits per heavy atom. The third-order valence-corrected chi connectivity index (χ3v) is 9.75. The Bertz CT molecular complexity index is 1180. The zero-order valence-electron chi connectivity index (χ0n) is 30.6. The molecule has 0 aromatic heterocycles. The Kier molecular flexibility index (Phi) is 22.8. The van der Waals surface area contributed by atoms with Gasteiger partial charge in [-0.25, -0.2) is 0 Å². The molecule has 3 aliphatic carbocycles. The van der Waals surface area contributed by atoms with Crippen LogP contribution in [0.25, 0.3) is 0 Å². The molecule has 4 nitrogen and oxygen atoms in total. The van der Waals surface area contributed by atoms with Crippen molar-refractivity contribution in [3.63, 3.8) is 0 Å². The molecular formula is C43H68O4. The molecule has 3 aliphatic rings. The largest absolute Gasteiger partial charge is 0.300 e. The average molecular weight is 649 g/mol. The Hall–Kier alpha value is -2.88. The van der Waals surface area contributed by atoms with Crippen molar-refractivity contribution in [3.8, 4) is 0 Å². The fourth-order valence-corrected chi connectivity index (χ4v) is 7.42. The van der Waals surface area contributed by atoms with Gasteiger partial charge in [0.1, 0.15) is 17.3 Å². The van der Waals surface area contributed by atoms with Gasteiger partial charge in [0.05, 0.1) is 0 Å². The first-order chi connectivity index (χ1) is 21.9. The van der Waals surface area contributed by atoms with Crippen LogP contribution in [0.1, 0.15) is 149 Å². The number of hydrogen-bond donors (Lipinski definition) is 0. The highest BCUT2D eigenvalue weighted by Gasteiger charge is 2.48. The molecular weight excluding hydrogens is 580 g/mol. The van der Waals surface area contributed by atoms with Gasteiger partial charge in [-0.15, -0.1) is 0 Å². The Labute approximate surface area is 288 Å². The van der Waals surface area contributed by atoms with E-state index in [1.165, 1.54) is 43.2 Å². The highest BCUT2D eigenvalue weighted by molar-refractivity contribution is 5.93. The SMILES string of the molecule is C.CC(=O)c1ccccc1.CCC.CCC1C2CCC(C2)C1C(C)=O.CCC1Cc2ccccc2CC1C(C)=O.CCCCC(C)=O. The van der Waals surface area contributed by atoms with Crippen molar-refractivity contribution in [1.29, 1.82) is 0 Å². The monoisotopic (exact) mass is 649 g/mol. The van der Waals surface area contributed by atoms with Crippen LogP contribution in [-0.2, 0) is 27.2 Å². The van der Waals surface area contributed by atoms with Crippen molar-refractivity contribution in [2.75, 3.05) is 0 Å². The first kappa shape index (κ1) is 44.1. The number of benzene rings is 2. The first-order valence-corrected chi connectivity index (χ1v) is 18.1. The van der Waals surface area contributed by atoms with Crippen LogP contribution in [0.5, 0.6) is 0 Å². The smallest absolute Gasteiger partial charge is 0.159 e. The van der Waals surface area contributed by atoms with E-state index in [9.17, 15) is 19.2 Å². The van der Waals surface area contributed by atoms with Crippen molar-refractivity contribution in [2.24, 2.45) is 35.5 Å². The Morgan fingerprint density at radius 1 is 0.681 bits per heavy atom. The van der Waals surface area contributed by atoms with Gasteiger partial charge < -0.3 is 4.79 Å². The third kappa shape index (κ3) is 15.3. The van der Waals surface area contributed by atoms with Crippen molar-refractivity contribution >= 4 is 23.1 Å². The molecule has 0 N–H and O–H groups in total. The molecule has 2 bridgehead atoms. The highest BCUT2D eigenvalue weighted by atomic mass is 16.1. The van der Waals surface area contributed by atoms with E-state index in [4.69, 9.17) is 0 Å². The van der Waals surface area contributed by atoms with E-state index in [-0.39, 0.29) is 19.1 Å². The van der Waals surface area contributed by atoms with Crippen molar-refractivity contribution in [2.45, 2.75) is 140 Å². The first-order valence-electron chi connectivity index (χ1n) is 18.1. The third-order valence-electron chi connectivity index (χ3n) is 9.75. The van der Waals surface area contributed by atoms with Crippen LogP contribution in [0.4, 0.5) is 0 Å². The van der Waals surface area contributed by atoms with Gasteiger partial charge in [0.25, 0.3) is 0 Å². The summed E-state index contributed by atoms with van der Waals surface area (Å²) in [6.07, 6.45) is 12.6. The van der Waals surface area contributed by atoms with Crippen LogP contribution in [0.3, 0.4) is 0 Å². The van der Waals surface area contributed by atoms with Gasteiger partial charge in [-0.3, -0.25) is 14.4 Å². The lowest BCUT2D eigenvalue weighted by Crippen LogP contribution is -2.30. The molecule has 2 aromatic carbocycles. The second kappa shape index (κ2) is 24.3. The topological polar surface area (TPSA) is 68.3 Å². The van der Waals surface area contributed by atoms with Gasteiger partial charge >= 0.3 is 0 Å². The van der Waals surface area contributed by atoms with Crippen LogP contribution in [0.2, 0.25) is 0 Å². The fourth-order valence-electron chi connectivity index (χ4n) is 7.42. The molecule has 2 saturated carbocycles. The average Bonchev–Trinajstić information content (AvgIpc) is 3.67. The summed E-state index contributed by atoms with van der Waals surface area (Å²) >= 11 is 0. The minimum atomic E-state index is 0. The molecule has 0 saturated heterocycles. The van der Waals surface area contributed by atoms with E-state index >= 15 is 0 Å². The van der Waals surface area contributed by atoms with Gasteiger partial charge in [0.2, 0.25) is 0 Å². The quantitative estimate of drug-likeness (QED) is 0.267. The number of hydrogen-bond acceptors (Lipinski definition) is 4. The summed E-state index contributed by atoms with van der Waals surface area (Å²) in [7, 11) is 0. The second-order valence-corrected chi connectivity index (χ2v) is 13.5. The maximum Gasteiger partial charge on any atom is 0.159 e. The number of unbranched alkanes of at least 4 members (excludes halogenated alkanes) is 1. The lowest BCUT2D eigenvalue weighted by atomic mass is 9.73. The van der Waals surface area contributed by atoms with E-state index in [0.717, 1.165) is 61.8 Å². The van der Waals surface area contributed by atoms with Crippen LogP contribution in [0.15, 0.2) is 54.6 Å². The molecule has 6 unspecified atom stereocenters. The molecule has 4 heteroatoms. The Morgan fingerprint density at radius 3 is 1.60 bits per heavy atom. The normalized spacial score (nSPS) is 22.8. The van der Waals surface area contributed by atoms with Crippen molar-refractivity contribution in [3.05, 3.63) is 71.3 Å². The van der Waals surface area contributed by atoms with Crippen LogP contribution in [0, 0.1) is 35.5 Å². The predicted molar refractivity (Wildman–Crippen MR) is 200 cm³/mol. The lowest BCUT2D eigenvalue weighted by molar-refractivity contribution is -0.124. The van der Waals surface area contributed by atoms with Gasteiger partial charge in [-0.1, -0.05) is 122 Å². The van der Waals surface area contributed by atoms with E-state index in [1.54, 1.807) is 27.7 Å². The molecule has 5 rings (SSSR count). The van der Waals surface area contributed by atoms with E-state index in [0.29, 0.717) is 29.2 Å². The molecule has 0 aliphatic heterocycles. The maximum atomic E-state index is 11.6. The van der Waals surface area contributed by atoms with Crippen LogP contribution < -0.4 is 0 Å². The van der Waals surface area contributed by atoms with Gasteiger partial charge in [-0.2, -0.15) is 0 Å². The molecule has 2 aromatic rings. The molecule has 264 valence electrons. The number of rotatable bonds is 8. The lowest BCUT2D eigenvalue weighted by Gasteiger charge is -2.30. The fraction of sp³-hybridized carbons (Fsp3) is 0.628. The number of carbonyl (C=O) groups excluding carboxylic acids is 4. The predicted octanol–water partition coefficient (Wildman–Crippen LogP) is 11.4. The molecule has 0 radical (unpaired) electrons. The summed E-state index contributed by atoms with van der Waals surface area (Å²) in [5.41, 5.74) is 3.60. The number of ketones is 4. The van der Waals surface area contributed by atoms with Gasteiger partial charge in [-0.05, 0) is 101 Å². The molecule has 47 heavy (non-hydrogen) atoms. The van der Waals surface area contributed by atoms with E-state index in [2.05, 4.69) is 58.9 Å². The van der Waals surface area contributed by atoms with Gasteiger partial charge in [0, 0.05) is 23.8 Å². The molecule has 0 spiro atoms.